The molecule has 4 heterocycles. The quantitative estimate of drug-likeness (QED) is 0.856. The van der Waals surface area contributed by atoms with E-state index in [-0.39, 0.29) is 18.1 Å². The van der Waals surface area contributed by atoms with E-state index in [9.17, 15) is 4.79 Å². The molecule has 0 radical (unpaired) electrons. The molecule has 2 aliphatic heterocycles. The first-order valence-electron chi connectivity index (χ1n) is 9.26. The van der Waals surface area contributed by atoms with Crippen LogP contribution in [0.15, 0.2) is 30.6 Å². The van der Waals surface area contributed by atoms with Crippen LogP contribution in [0.2, 0.25) is 0 Å². The summed E-state index contributed by atoms with van der Waals surface area (Å²) in [6, 6.07) is 5.77. The predicted octanol–water partition coefficient (Wildman–Crippen LogP) is 2.52. The lowest BCUT2D eigenvalue weighted by Gasteiger charge is -2.32. The van der Waals surface area contributed by atoms with Crippen molar-refractivity contribution in [1.82, 2.24) is 14.3 Å². The van der Waals surface area contributed by atoms with Gasteiger partial charge in [-0.15, -0.1) is 0 Å². The van der Waals surface area contributed by atoms with Gasteiger partial charge in [0.05, 0.1) is 18.8 Å². The highest BCUT2D eigenvalue weighted by Gasteiger charge is 2.26. The van der Waals surface area contributed by atoms with E-state index in [4.69, 9.17) is 9.47 Å². The minimum Gasteiger partial charge on any atom is -0.376 e. The van der Waals surface area contributed by atoms with Gasteiger partial charge in [0.15, 0.2) is 0 Å². The Labute approximate surface area is 147 Å². The fourth-order valence-electron chi connectivity index (χ4n) is 3.61. The average Bonchev–Trinajstić information content (AvgIpc) is 3.11. The van der Waals surface area contributed by atoms with E-state index >= 15 is 0 Å². The van der Waals surface area contributed by atoms with Crippen LogP contribution < -0.4 is 0 Å². The number of carbonyl (C=O) groups excluding carboxylic acids is 1. The number of pyridine rings is 1. The number of hydrogen-bond donors (Lipinski definition) is 0. The van der Waals surface area contributed by atoms with Crippen molar-refractivity contribution in [3.8, 4) is 0 Å². The minimum atomic E-state index is 0.0118. The molecule has 25 heavy (non-hydrogen) atoms. The second kappa shape index (κ2) is 7.54. The third-order valence-corrected chi connectivity index (χ3v) is 5.10. The van der Waals surface area contributed by atoms with Crippen molar-refractivity contribution in [2.45, 2.75) is 44.3 Å². The van der Waals surface area contributed by atoms with Crippen molar-refractivity contribution in [3.63, 3.8) is 0 Å². The van der Waals surface area contributed by atoms with Gasteiger partial charge in [0, 0.05) is 32.1 Å². The van der Waals surface area contributed by atoms with Crippen molar-refractivity contribution < 1.29 is 14.3 Å². The Hall–Kier alpha value is -1.92. The molecule has 2 fully saturated rings. The van der Waals surface area contributed by atoms with Crippen LogP contribution in [-0.4, -0.2) is 58.7 Å². The van der Waals surface area contributed by atoms with Gasteiger partial charge in [-0.25, -0.2) is 4.98 Å². The van der Waals surface area contributed by atoms with E-state index in [1.54, 1.807) is 6.20 Å². The molecular weight excluding hydrogens is 318 g/mol. The smallest absolute Gasteiger partial charge is 0.274 e. The zero-order chi connectivity index (χ0) is 17.1. The van der Waals surface area contributed by atoms with E-state index in [0.29, 0.717) is 12.3 Å². The maximum Gasteiger partial charge on any atom is 0.274 e. The largest absolute Gasteiger partial charge is 0.376 e. The normalized spacial score (nSPS) is 22.4. The lowest BCUT2D eigenvalue weighted by atomic mass is 10.1. The van der Waals surface area contributed by atoms with Crippen LogP contribution >= 0.6 is 0 Å². The monoisotopic (exact) mass is 343 g/mol. The Morgan fingerprint density at radius 3 is 2.88 bits per heavy atom. The number of piperidine rings is 1. The fourth-order valence-corrected chi connectivity index (χ4v) is 3.61. The van der Waals surface area contributed by atoms with Crippen LogP contribution in [0.4, 0.5) is 0 Å². The van der Waals surface area contributed by atoms with Gasteiger partial charge in [-0.2, -0.15) is 0 Å². The number of rotatable bonds is 4. The molecule has 0 spiro atoms. The summed E-state index contributed by atoms with van der Waals surface area (Å²) in [6.07, 6.45) is 9.47. The van der Waals surface area contributed by atoms with E-state index in [0.717, 1.165) is 44.6 Å². The molecule has 1 amide bonds. The summed E-state index contributed by atoms with van der Waals surface area (Å²) in [7, 11) is 0. The Morgan fingerprint density at radius 1 is 1.24 bits per heavy atom. The molecule has 2 aromatic rings. The summed E-state index contributed by atoms with van der Waals surface area (Å²) >= 11 is 0. The van der Waals surface area contributed by atoms with E-state index in [1.807, 2.05) is 33.7 Å². The van der Waals surface area contributed by atoms with Gasteiger partial charge in [-0.3, -0.25) is 4.79 Å². The van der Waals surface area contributed by atoms with Crippen molar-refractivity contribution in [2.24, 2.45) is 0 Å². The van der Waals surface area contributed by atoms with E-state index in [1.165, 1.54) is 12.8 Å². The molecule has 0 saturated carbocycles. The maximum atomic E-state index is 12.7. The van der Waals surface area contributed by atoms with Gasteiger partial charge < -0.3 is 18.8 Å². The molecule has 0 bridgehead atoms. The molecule has 6 heteroatoms. The number of aromatic nitrogens is 2. The van der Waals surface area contributed by atoms with Crippen molar-refractivity contribution in [2.75, 3.05) is 26.3 Å². The predicted molar refractivity (Wildman–Crippen MR) is 93.7 cm³/mol. The number of ether oxygens (including phenoxy) is 2. The molecule has 134 valence electrons. The molecule has 4 rings (SSSR count). The van der Waals surface area contributed by atoms with Gasteiger partial charge >= 0.3 is 0 Å². The number of amides is 1. The standard InChI is InChI=1S/C19H25N3O3/c23-19(17-13-22-9-3-1-6-18(22)20-17)21-10-7-15(8-11-21)25-14-16-5-2-4-12-24-16/h1,3,6,9,13,15-16H,2,4-5,7-8,10-12,14H2. The zero-order valence-electron chi connectivity index (χ0n) is 14.5. The first-order chi connectivity index (χ1) is 12.3. The molecule has 2 aliphatic rings. The number of nitrogens with zero attached hydrogens (tertiary/aromatic N) is 3. The van der Waals surface area contributed by atoms with Crippen LogP contribution in [0.1, 0.15) is 42.6 Å². The van der Waals surface area contributed by atoms with E-state index in [2.05, 4.69) is 4.98 Å². The molecule has 1 unspecified atom stereocenters. The molecule has 1 atom stereocenters. The highest BCUT2D eigenvalue weighted by Crippen LogP contribution is 2.19. The number of carbonyl (C=O) groups is 1. The zero-order valence-corrected chi connectivity index (χ0v) is 14.5. The van der Waals surface area contributed by atoms with Gasteiger partial charge in [0.2, 0.25) is 0 Å². The van der Waals surface area contributed by atoms with Crippen LogP contribution in [-0.2, 0) is 9.47 Å². The molecule has 0 aromatic carbocycles. The second-order valence-corrected chi connectivity index (χ2v) is 6.91. The second-order valence-electron chi connectivity index (χ2n) is 6.91. The molecule has 2 saturated heterocycles. The SMILES string of the molecule is O=C(c1cn2ccccc2n1)N1CCC(OCC2CCCCO2)CC1. The van der Waals surface area contributed by atoms with Crippen LogP contribution in [0, 0.1) is 0 Å². The van der Waals surface area contributed by atoms with Crippen molar-refractivity contribution >= 4 is 11.6 Å². The first kappa shape index (κ1) is 16.5. The molecular formula is C19H25N3O3. The number of likely N-dealkylation sites (tertiary alicyclic amines) is 1. The lowest BCUT2D eigenvalue weighted by molar-refractivity contribution is -0.0733. The van der Waals surface area contributed by atoms with Crippen molar-refractivity contribution in [3.05, 3.63) is 36.3 Å². The summed E-state index contributed by atoms with van der Waals surface area (Å²) < 4.78 is 13.6. The van der Waals surface area contributed by atoms with Gasteiger partial charge in [-0.05, 0) is 44.2 Å². The van der Waals surface area contributed by atoms with Gasteiger partial charge in [-0.1, -0.05) is 6.07 Å². The minimum absolute atomic E-state index is 0.0118. The molecule has 6 nitrogen and oxygen atoms in total. The molecule has 2 aromatic heterocycles. The topological polar surface area (TPSA) is 56.1 Å². The third kappa shape index (κ3) is 3.85. The van der Waals surface area contributed by atoms with Crippen LogP contribution in [0.25, 0.3) is 5.65 Å². The highest BCUT2D eigenvalue weighted by atomic mass is 16.5. The summed E-state index contributed by atoms with van der Waals surface area (Å²) in [4.78, 5) is 19.0. The van der Waals surface area contributed by atoms with Crippen LogP contribution in [0.5, 0.6) is 0 Å². The number of hydrogen-bond acceptors (Lipinski definition) is 4. The molecule has 0 aliphatic carbocycles. The number of imidazole rings is 1. The van der Waals surface area contributed by atoms with Crippen molar-refractivity contribution in [1.29, 1.82) is 0 Å². The fraction of sp³-hybridized carbons (Fsp3) is 0.579. The van der Waals surface area contributed by atoms with Crippen LogP contribution in [0.3, 0.4) is 0 Å². The average molecular weight is 343 g/mol. The lowest BCUT2D eigenvalue weighted by Crippen LogP contribution is -2.41. The molecule has 0 N–H and O–H groups in total. The summed E-state index contributed by atoms with van der Waals surface area (Å²) in [5, 5.41) is 0. The Morgan fingerprint density at radius 2 is 2.12 bits per heavy atom. The van der Waals surface area contributed by atoms with E-state index < -0.39 is 0 Å². The van der Waals surface area contributed by atoms with Gasteiger partial charge in [0.1, 0.15) is 11.3 Å². The maximum absolute atomic E-state index is 12.7. The third-order valence-electron chi connectivity index (χ3n) is 5.10. The summed E-state index contributed by atoms with van der Waals surface area (Å²) in [5.41, 5.74) is 1.32. The Balaban J connectivity index is 1.28. The Bertz CT molecular complexity index is 683. The Kier molecular flexibility index (Phi) is 4.99. The summed E-state index contributed by atoms with van der Waals surface area (Å²) in [5.74, 6) is 0.0118. The highest BCUT2D eigenvalue weighted by molar-refractivity contribution is 5.93. The van der Waals surface area contributed by atoms with Gasteiger partial charge in [0.25, 0.3) is 5.91 Å². The number of fused-ring (bicyclic) bond motifs is 1. The first-order valence-corrected chi connectivity index (χ1v) is 9.26. The summed E-state index contributed by atoms with van der Waals surface area (Å²) in [6.45, 7) is 3.00.